The molecule has 0 aromatic rings. The van der Waals surface area contributed by atoms with Gasteiger partial charge >= 0.3 is 5.97 Å². The van der Waals surface area contributed by atoms with E-state index in [1.54, 1.807) is 13.0 Å². The summed E-state index contributed by atoms with van der Waals surface area (Å²) in [7, 11) is -3.88. The van der Waals surface area contributed by atoms with Crippen molar-refractivity contribution >= 4 is 22.4 Å². The number of esters is 1. The Bertz CT molecular complexity index is 756. The van der Waals surface area contributed by atoms with Gasteiger partial charge in [0.2, 0.25) is 0 Å². The van der Waals surface area contributed by atoms with Crippen molar-refractivity contribution in [3.63, 3.8) is 0 Å². The smallest absolute Gasteiger partial charge is 0.330 e. The van der Waals surface area contributed by atoms with E-state index in [9.17, 15) is 9.90 Å². The summed E-state index contributed by atoms with van der Waals surface area (Å²) in [6.45, 7) is 28.6. The predicted octanol–water partition coefficient (Wildman–Crippen LogP) is 6.88. The monoisotopic (exact) mass is 494 g/mol. The normalized spacial score (nSPS) is 16.7. The molecule has 1 N–H and O–H groups in total. The van der Waals surface area contributed by atoms with Gasteiger partial charge in [0.25, 0.3) is 0 Å². The fourth-order valence-corrected chi connectivity index (χ4v) is 4.52. The molecule has 0 aromatic heterocycles. The molecule has 0 spiro atoms. The number of allylic oxidation sites excluding steroid dienone is 2. The molecule has 0 saturated carbocycles. The first kappa shape index (κ1) is 31.9. The second-order valence-corrected chi connectivity index (χ2v) is 21.9. The molecule has 3 atom stereocenters. The largest absolute Gasteiger partial charge is 0.463 e. The Hall–Kier alpha value is -1.14. The summed E-state index contributed by atoms with van der Waals surface area (Å²) in [6, 6.07) is 0. The molecule has 0 aliphatic carbocycles. The van der Waals surface area contributed by atoms with Crippen LogP contribution < -0.4 is 0 Å². The van der Waals surface area contributed by atoms with Gasteiger partial charge in [0.05, 0.1) is 12.7 Å². The molecule has 0 aromatic carbocycles. The highest BCUT2D eigenvalue weighted by Gasteiger charge is 2.41. The summed E-state index contributed by atoms with van der Waals surface area (Å²) in [4.78, 5) is 11.5. The van der Waals surface area contributed by atoms with Gasteiger partial charge in [-0.15, -0.1) is 5.54 Å². The molecule has 0 saturated heterocycles. The van der Waals surface area contributed by atoms with Crippen LogP contribution in [-0.2, 0) is 14.0 Å². The van der Waals surface area contributed by atoms with Crippen LogP contribution in [0.25, 0.3) is 0 Å². The zero-order chi connectivity index (χ0) is 26.3. The van der Waals surface area contributed by atoms with Crippen molar-refractivity contribution in [2.75, 3.05) is 6.61 Å². The van der Waals surface area contributed by atoms with E-state index in [2.05, 4.69) is 79.2 Å². The molecule has 0 amide bonds. The van der Waals surface area contributed by atoms with Gasteiger partial charge in [-0.25, -0.2) is 4.79 Å². The first-order valence-electron chi connectivity index (χ1n) is 12.2. The molecule has 6 heteroatoms. The Kier molecular flexibility index (Phi) is 12.1. The topological polar surface area (TPSA) is 55.8 Å². The van der Waals surface area contributed by atoms with E-state index in [1.807, 2.05) is 19.9 Å². The molecule has 0 rings (SSSR count). The molecular formula is C27H50O4Si2. The number of hydrogen-bond donors (Lipinski definition) is 1. The zero-order valence-corrected chi connectivity index (χ0v) is 25.6. The van der Waals surface area contributed by atoms with Crippen LogP contribution in [0.1, 0.15) is 68.7 Å². The minimum Gasteiger partial charge on any atom is -0.463 e. The summed E-state index contributed by atoms with van der Waals surface area (Å²) in [5.41, 5.74) is 4.52. The maximum atomic E-state index is 11.5. The molecule has 0 aliphatic heterocycles. The fraction of sp³-hybridized carbons (Fsp3) is 0.741. The third-order valence-corrected chi connectivity index (χ3v) is 16.1. The van der Waals surface area contributed by atoms with Gasteiger partial charge in [-0.1, -0.05) is 85.2 Å². The molecule has 0 aliphatic rings. The van der Waals surface area contributed by atoms with Crippen molar-refractivity contribution in [3.05, 3.63) is 23.8 Å². The number of aliphatic hydroxyl groups excluding tert-OH is 1. The van der Waals surface area contributed by atoms with Gasteiger partial charge in [0.1, 0.15) is 14.2 Å². The SMILES string of the molecule is CCOC(=O)/C=C/C(C)=C/CC(O)[C@H](C)[C@@H](C#C[Si](C)(C)C(C)(C)C)O[Si](C)(C)C(C)(C)C. The van der Waals surface area contributed by atoms with Crippen molar-refractivity contribution in [1.82, 2.24) is 0 Å². The zero-order valence-electron chi connectivity index (χ0n) is 23.6. The highest BCUT2D eigenvalue weighted by molar-refractivity contribution is 6.87. The molecule has 0 bridgehead atoms. The Morgan fingerprint density at radius 3 is 2.03 bits per heavy atom. The van der Waals surface area contributed by atoms with Gasteiger partial charge < -0.3 is 14.3 Å². The van der Waals surface area contributed by atoms with E-state index in [1.165, 1.54) is 6.08 Å². The van der Waals surface area contributed by atoms with E-state index in [0.29, 0.717) is 13.0 Å². The molecular weight excluding hydrogens is 444 g/mol. The molecule has 4 nitrogen and oxygen atoms in total. The van der Waals surface area contributed by atoms with Crippen LogP contribution in [0.3, 0.4) is 0 Å². The first-order valence-corrected chi connectivity index (χ1v) is 18.1. The summed E-state index contributed by atoms with van der Waals surface area (Å²) in [5.74, 6) is 2.98. The van der Waals surface area contributed by atoms with Crippen molar-refractivity contribution in [2.45, 2.75) is 117 Å². The molecule has 0 radical (unpaired) electrons. The predicted molar refractivity (Wildman–Crippen MR) is 146 cm³/mol. The third-order valence-electron chi connectivity index (χ3n) is 7.16. The average molecular weight is 495 g/mol. The standard InChI is InChI=1S/C27H50O4Si2/c1-14-30-25(29)18-16-21(2)15-17-23(28)22(3)24(31-33(12,13)27(7,8)9)19-20-32(10,11)26(4,5)6/h15-16,18,22-24,28H,14,17H2,1-13H3/b18-16+,21-15+/t22-,23?,24+/m0/s1. The highest BCUT2D eigenvalue weighted by atomic mass is 28.4. The van der Waals surface area contributed by atoms with E-state index >= 15 is 0 Å². The van der Waals surface area contributed by atoms with Crippen LogP contribution >= 0.6 is 0 Å². The second kappa shape index (κ2) is 12.5. The van der Waals surface area contributed by atoms with E-state index in [-0.39, 0.29) is 28.1 Å². The Morgan fingerprint density at radius 1 is 1.03 bits per heavy atom. The van der Waals surface area contributed by atoms with Gasteiger partial charge in [0, 0.05) is 12.0 Å². The van der Waals surface area contributed by atoms with Crippen LogP contribution in [0, 0.1) is 17.4 Å². The lowest BCUT2D eigenvalue weighted by Crippen LogP contribution is -2.47. The summed E-state index contributed by atoms with van der Waals surface area (Å²) in [5, 5.41) is 11.2. The lowest BCUT2D eigenvalue weighted by atomic mass is 9.95. The summed E-state index contributed by atoms with van der Waals surface area (Å²) < 4.78 is 11.7. The number of aliphatic hydroxyl groups is 1. The van der Waals surface area contributed by atoms with Gasteiger partial charge in [-0.05, 0) is 43.4 Å². The van der Waals surface area contributed by atoms with Crippen molar-refractivity contribution < 1.29 is 19.1 Å². The lowest BCUT2D eigenvalue weighted by molar-refractivity contribution is -0.137. The van der Waals surface area contributed by atoms with Crippen LogP contribution in [0.5, 0.6) is 0 Å². The summed E-state index contributed by atoms with van der Waals surface area (Å²) in [6.07, 6.45) is 4.63. The summed E-state index contributed by atoms with van der Waals surface area (Å²) >= 11 is 0. The number of hydrogen-bond acceptors (Lipinski definition) is 4. The van der Waals surface area contributed by atoms with E-state index in [0.717, 1.165) is 5.57 Å². The van der Waals surface area contributed by atoms with Crippen molar-refractivity contribution in [3.8, 4) is 11.5 Å². The van der Waals surface area contributed by atoms with E-state index in [4.69, 9.17) is 9.16 Å². The fourth-order valence-electron chi connectivity index (χ4n) is 2.38. The Morgan fingerprint density at radius 2 is 1.58 bits per heavy atom. The second-order valence-electron chi connectivity index (χ2n) is 12.1. The van der Waals surface area contributed by atoms with Crippen LogP contribution in [0.2, 0.25) is 36.3 Å². The first-order chi connectivity index (χ1) is 14.7. The van der Waals surface area contributed by atoms with Crippen LogP contribution in [-0.4, -0.2) is 46.3 Å². The molecule has 0 heterocycles. The third kappa shape index (κ3) is 10.8. The average Bonchev–Trinajstić information content (AvgIpc) is 2.65. The highest BCUT2D eigenvalue weighted by Crippen LogP contribution is 2.39. The molecule has 33 heavy (non-hydrogen) atoms. The maximum absolute atomic E-state index is 11.5. The van der Waals surface area contributed by atoms with Gasteiger partial charge in [-0.3, -0.25) is 0 Å². The number of ether oxygens (including phenoxy) is 1. The minimum atomic E-state index is -2.07. The van der Waals surface area contributed by atoms with Crippen molar-refractivity contribution in [1.29, 1.82) is 0 Å². The Labute approximate surface area is 206 Å². The number of carbonyl (C=O) groups excluding carboxylic acids is 1. The molecule has 0 fully saturated rings. The number of carbonyl (C=O) groups is 1. The van der Waals surface area contributed by atoms with E-state index < -0.39 is 22.5 Å². The van der Waals surface area contributed by atoms with Crippen LogP contribution in [0.15, 0.2) is 23.8 Å². The quantitative estimate of drug-likeness (QED) is 0.125. The molecule has 1 unspecified atom stereocenters. The molecule has 190 valence electrons. The van der Waals surface area contributed by atoms with Gasteiger partial charge in [0.15, 0.2) is 8.32 Å². The van der Waals surface area contributed by atoms with Gasteiger partial charge in [-0.2, -0.15) is 0 Å². The lowest BCUT2D eigenvalue weighted by Gasteiger charge is -2.40. The van der Waals surface area contributed by atoms with Crippen LogP contribution in [0.4, 0.5) is 0 Å². The minimum absolute atomic E-state index is 0.0585. The number of rotatable bonds is 9. The maximum Gasteiger partial charge on any atom is 0.330 e. The Balaban J connectivity index is 5.76. The van der Waals surface area contributed by atoms with Crippen molar-refractivity contribution in [2.24, 2.45) is 5.92 Å².